The van der Waals surface area contributed by atoms with Gasteiger partial charge in [0, 0.05) is 57.2 Å². The predicted molar refractivity (Wildman–Crippen MR) is 135 cm³/mol. The van der Waals surface area contributed by atoms with Crippen LogP contribution in [0.1, 0.15) is 26.2 Å². The quantitative estimate of drug-likeness (QED) is 0.589. The van der Waals surface area contributed by atoms with Crippen LogP contribution < -0.4 is 5.32 Å². The summed E-state index contributed by atoms with van der Waals surface area (Å²) in [6.45, 7) is 6.79. The number of rotatable bonds is 6. The first-order chi connectivity index (χ1) is 17.1. The smallest absolute Gasteiger partial charge is 0.244 e. The average Bonchev–Trinajstić information content (AvgIpc) is 3.28. The van der Waals surface area contributed by atoms with Crippen LogP contribution in [-0.2, 0) is 9.59 Å². The molecule has 2 saturated heterocycles. The van der Waals surface area contributed by atoms with Crippen molar-refractivity contribution in [3.8, 4) is 11.3 Å². The number of piperidine rings is 1. The van der Waals surface area contributed by atoms with Gasteiger partial charge in [0.05, 0.1) is 12.7 Å². The monoisotopic (exact) mass is 475 g/mol. The summed E-state index contributed by atoms with van der Waals surface area (Å²) in [4.78, 5) is 40.9. The largest absolute Gasteiger partial charge is 0.358 e. The lowest BCUT2D eigenvalue weighted by molar-refractivity contribution is -0.135. The molecule has 9 nitrogen and oxygen atoms in total. The Balaban J connectivity index is 1.22. The average molecular weight is 476 g/mol. The Kier molecular flexibility index (Phi) is 6.94. The standard InChI is InChI=1S/C26H33N7O2/c1-20(26(35)32-16-14-30(15-17-32)19-23(34)31-11-6-3-7-12-31)28-25-24(21-8-4-2-5-9-21)29-22-18-27-10-13-33(22)25/h2,4-5,8-10,13,18,20,28H,3,6-7,11-12,14-17,19H2,1H3. The number of carbonyl (C=O) groups excluding carboxylic acids is 2. The molecule has 2 aliphatic heterocycles. The predicted octanol–water partition coefficient (Wildman–Crippen LogP) is 2.35. The molecule has 0 aliphatic carbocycles. The molecule has 3 aromatic rings. The Hall–Kier alpha value is -3.46. The Morgan fingerprint density at radius 1 is 0.971 bits per heavy atom. The highest BCUT2D eigenvalue weighted by Crippen LogP contribution is 2.29. The van der Waals surface area contributed by atoms with Crippen LogP contribution in [0.3, 0.4) is 0 Å². The van der Waals surface area contributed by atoms with Gasteiger partial charge in [-0.2, -0.15) is 0 Å². The topological polar surface area (TPSA) is 86.1 Å². The minimum absolute atomic E-state index is 0.0509. The molecule has 1 aromatic carbocycles. The van der Waals surface area contributed by atoms with Crippen molar-refractivity contribution < 1.29 is 9.59 Å². The fourth-order valence-electron chi connectivity index (χ4n) is 4.94. The van der Waals surface area contributed by atoms with E-state index >= 15 is 0 Å². The van der Waals surface area contributed by atoms with Gasteiger partial charge in [-0.05, 0) is 26.2 Å². The third-order valence-electron chi connectivity index (χ3n) is 6.95. The number of hydrogen-bond acceptors (Lipinski definition) is 6. The van der Waals surface area contributed by atoms with Crippen molar-refractivity contribution in [2.24, 2.45) is 0 Å². The summed E-state index contributed by atoms with van der Waals surface area (Å²) in [5.41, 5.74) is 2.49. The second kappa shape index (κ2) is 10.4. The number of anilines is 1. The highest BCUT2D eigenvalue weighted by molar-refractivity contribution is 5.86. The summed E-state index contributed by atoms with van der Waals surface area (Å²) in [7, 11) is 0. The van der Waals surface area contributed by atoms with E-state index in [-0.39, 0.29) is 11.8 Å². The molecule has 0 spiro atoms. The maximum Gasteiger partial charge on any atom is 0.244 e. The van der Waals surface area contributed by atoms with E-state index in [1.54, 1.807) is 12.4 Å². The molecular weight excluding hydrogens is 442 g/mol. The van der Waals surface area contributed by atoms with E-state index in [9.17, 15) is 9.59 Å². The molecule has 1 unspecified atom stereocenters. The molecule has 1 atom stereocenters. The second-order valence-electron chi connectivity index (χ2n) is 9.39. The zero-order valence-corrected chi connectivity index (χ0v) is 20.3. The fourth-order valence-corrected chi connectivity index (χ4v) is 4.94. The van der Waals surface area contributed by atoms with Gasteiger partial charge in [-0.1, -0.05) is 30.3 Å². The summed E-state index contributed by atoms with van der Waals surface area (Å²) < 4.78 is 1.93. The van der Waals surface area contributed by atoms with Crippen LogP contribution in [0, 0.1) is 0 Å². The fraction of sp³-hybridized carbons (Fsp3) is 0.462. The number of nitrogens with zero attached hydrogens (tertiary/aromatic N) is 6. The van der Waals surface area contributed by atoms with Crippen LogP contribution in [0.25, 0.3) is 16.9 Å². The van der Waals surface area contributed by atoms with Crippen molar-refractivity contribution in [1.82, 2.24) is 29.1 Å². The van der Waals surface area contributed by atoms with Gasteiger partial charge < -0.3 is 15.1 Å². The number of hydrogen-bond donors (Lipinski definition) is 1. The number of imidazole rings is 1. The number of aromatic nitrogens is 3. The number of carbonyl (C=O) groups is 2. The van der Waals surface area contributed by atoms with E-state index in [0.29, 0.717) is 32.7 Å². The lowest BCUT2D eigenvalue weighted by Gasteiger charge is -2.37. The third kappa shape index (κ3) is 5.14. The molecule has 0 bridgehead atoms. The lowest BCUT2D eigenvalue weighted by Crippen LogP contribution is -2.54. The van der Waals surface area contributed by atoms with Gasteiger partial charge in [-0.3, -0.25) is 23.9 Å². The molecule has 0 saturated carbocycles. The number of fused-ring (bicyclic) bond motifs is 1. The van der Waals surface area contributed by atoms with Gasteiger partial charge in [-0.25, -0.2) is 4.98 Å². The van der Waals surface area contributed by atoms with Crippen LogP contribution in [-0.4, -0.2) is 92.7 Å². The van der Waals surface area contributed by atoms with Gasteiger partial charge in [-0.15, -0.1) is 0 Å². The van der Waals surface area contributed by atoms with E-state index < -0.39 is 6.04 Å². The molecular formula is C26H33N7O2. The van der Waals surface area contributed by atoms with Crippen LogP contribution in [0.5, 0.6) is 0 Å². The molecule has 184 valence electrons. The van der Waals surface area contributed by atoms with E-state index in [4.69, 9.17) is 4.98 Å². The molecule has 5 rings (SSSR count). The maximum atomic E-state index is 13.3. The van der Waals surface area contributed by atoms with Gasteiger partial charge in [0.25, 0.3) is 0 Å². The van der Waals surface area contributed by atoms with Gasteiger partial charge in [0.15, 0.2) is 5.65 Å². The van der Waals surface area contributed by atoms with E-state index in [0.717, 1.165) is 48.7 Å². The Bertz CT molecular complexity index is 1160. The van der Waals surface area contributed by atoms with Gasteiger partial charge in [0.2, 0.25) is 11.8 Å². The normalized spacial score (nSPS) is 18.0. The summed E-state index contributed by atoms with van der Waals surface area (Å²) in [6.07, 6.45) is 8.71. The lowest BCUT2D eigenvalue weighted by atomic mass is 10.1. The first-order valence-electron chi connectivity index (χ1n) is 12.5. The van der Waals surface area contributed by atoms with Crippen molar-refractivity contribution in [1.29, 1.82) is 0 Å². The van der Waals surface area contributed by atoms with Crippen molar-refractivity contribution in [2.75, 3.05) is 51.1 Å². The minimum Gasteiger partial charge on any atom is -0.358 e. The zero-order chi connectivity index (χ0) is 24.2. The summed E-state index contributed by atoms with van der Waals surface area (Å²) >= 11 is 0. The number of likely N-dealkylation sites (tertiary alicyclic amines) is 1. The maximum absolute atomic E-state index is 13.3. The number of piperazine rings is 1. The first kappa shape index (κ1) is 23.3. The Morgan fingerprint density at radius 3 is 2.46 bits per heavy atom. The third-order valence-corrected chi connectivity index (χ3v) is 6.95. The molecule has 35 heavy (non-hydrogen) atoms. The van der Waals surface area contributed by atoms with Gasteiger partial charge >= 0.3 is 0 Å². The van der Waals surface area contributed by atoms with Crippen molar-refractivity contribution in [2.45, 2.75) is 32.2 Å². The van der Waals surface area contributed by atoms with E-state index in [2.05, 4.69) is 15.2 Å². The summed E-state index contributed by atoms with van der Waals surface area (Å²) in [6, 6.07) is 9.53. The summed E-state index contributed by atoms with van der Waals surface area (Å²) in [5, 5.41) is 3.42. The molecule has 4 heterocycles. The number of amides is 2. The first-order valence-corrected chi connectivity index (χ1v) is 12.5. The molecule has 2 amide bonds. The van der Waals surface area contributed by atoms with Crippen molar-refractivity contribution in [3.05, 3.63) is 48.9 Å². The second-order valence-corrected chi connectivity index (χ2v) is 9.39. The Labute approximate surface area is 205 Å². The van der Waals surface area contributed by atoms with Crippen LogP contribution in [0.4, 0.5) is 5.82 Å². The van der Waals surface area contributed by atoms with Crippen LogP contribution >= 0.6 is 0 Å². The van der Waals surface area contributed by atoms with E-state index in [1.807, 2.05) is 57.7 Å². The highest BCUT2D eigenvalue weighted by atomic mass is 16.2. The molecule has 2 aromatic heterocycles. The molecule has 1 N–H and O–H groups in total. The van der Waals surface area contributed by atoms with Crippen molar-refractivity contribution >= 4 is 23.3 Å². The Morgan fingerprint density at radius 2 is 1.71 bits per heavy atom. The SMILES string of the molecule is CC(Nc1c(-c2ccccc2)nc2cnccn12)C(=O)N1CCN(CC(=O)N2CCCCC2)CC1. The van der Waals surface area contributed by atoms with Gasteiger partial charge in [0.1, 0.15) is 17.6 Å². The minimum atomic E-state index is -0.424. The molecule has 0 radical (unpaired) electrons. The highest BCUT2D eigenvalue weighted by Gasteiger charge is 2.28. The summed E-state index contributed by atoms with van der Waals surface area (Å²) in [5.74, 6) is 1.05. The van der Waals surface area contributed by atoms with Crippen LogP contribution in [0.15, 0.2) is 48.9 Å². The molecule has 9 heteroatoms. The molecule has 2 fully saturated rings. The number of nitrogens with one attached hydrogen (secondary N) is 1. The number of benzene rings is 1. The van der Waals surface area contributed by atoms with E-state index in [1.165, 1.54) is 6.42 Å². The zero-order valence-electron chi connectivity index (χ0n) is 20.3. The van der Waals surface area contributed by atoms with Crippen LogP contribution in [0.2, 0.25) is 0 Å². The molecule has 2 aliphatic rings. The van der Waals surface area contributed by atoms with Crippen molar-refractivity contribution in [3.63, 3.8) is 0 Å².